The first kappa shape index (κ1) is 11.3. The highest BCUT2D eigenvalue weighted by Crippen LogP contribution is 2.15. The molecule has 4 heteroatoms. The molecule has 2 heterocycles. The fraction of sp³-hybridized carbons (Fsp3) is 0.357. The molecule has 1 aliphatic rings. The van der Waals surface area contributed by atoms with E-state index in [4.69, 9.17) is 0 Å². The monoisotopic (exact) mass is 242 g/mol. The van der Waals surface area contributed by atoms with Crippen molar-refractivity contribution < 1.29 is 0 Å². The maximum absolute atomic E-state index is 4.28. The van der Waals surface area contributed by atoms with E-state index in [9.17, 15) is 0 Å². The summed E-state index contributed by atoms with van der Waals surface area (Å²) in [4.78, 5) is 12.3. The molecule has 2 aromatic rings. The predicted octanol–water partition coefficient (Wildman–Crippen LogP) is 1.73. The molecule has 0 atom stereocenters. The third-order valence-electron chi connectivity index (χ3n) is 3.42. The summed E-state index contributed by atoms with van der Waals surface area (Å²) >= 11 is 0. The highest BCUT2D eigenvalue weighted by atomic mass is 15.3. The Morgan fingerprint density at radius 1 is 1.06 bits per heavy atom. The normalized spacial score (nSPS) is 17.0. The van der Waals surface area contributed by atoms with Gasteiger partial charge in [0.1, 0.15) is 5.82 Å². The Hall–Kier alpha value is -1.81. The number of nitrogens with one attached hydrogen (secondary N) is 1. The smallest absolute Gasteiger partial charge is 0.120 e. The Morgan fingerprint density at radius 3 is 2.50 bits per heavy atom. The molecule has 1 N–H and O–H groups in total. The fourth-order valence-corrected chi connectivity index (χ4v) is 2.40. The Labute approximate surface area is 107 Å². The summed E-state index contributed by atoms with van der Waals surface area (Å²) in [6.07, 6.45) is 3.70. The van der Waals surface area contributed by atoms with E-state index in [1.807, 2.05) is 12.4 Å². The van der Waals surface area contributed by atoms with Crippen molar-refractivity contribution in [2.75, 3.05) is 31.1 Å². The van der Waals surface area contributed by atoms with Crippen molar-refractivity contribution in [2.45, 2.75) is 6.54 Å². The summed E-state index contributed by atoms with van der Waals surface area (Å²) < 4.78 is 0. The number of rotatable bonds is 3. The van der Waals surface area contributed by atoms with Crippen LogP contribution in [0.25, 0.3) is 0 Å². The lowest BCUT2D eigenvalue weighted by atomic mass is 10.2. The molecule has 0 aliphatic carbocycles. The van der Waals surface area contributed by atoms with Crippen LogP contribution < -0.4 is 4.90 Å². The first-order valence-corrected chi connectivity index (χ1v) is 6.42. The van der Waals surface area contributed by atoms with Crippen molar-refractivity contribution in [1.82, 2.24) is 14.9 Å². The number of piperazine rings is 1. The largest absolute Gasteiger partial charge is 0.369 e. The van der Waals surface area contributed by atoms with Gasteiger partial charge in [0, 0.05) is 44.3 Å². The van der Waals surface area contributed by atoms with Gasteiger partial charge in [-0.05, 0) is 12.1 Å². The number of aromatic nitrogens is 2. The third-order valence-corrected chi connectivity index (χ3v) is 3.42. The van der Waals surface area contributed by atoms with Crippen LogP contribution in [0.1, 0.15) is 5.82 Å². The highest BCUT2D eigenvalue weighted by molar-refractivity contribution is 5.46. The van der Waals surface area contributed by atoms with Gasteiger partial charge >= 0.3 is 0 Å². The highest BCUT2D eigenvalue weighted by Gasteiger charge is 2.17. The van der Waals surface area contributed by atoms with Crippen molar-refractivity contribution >= 4 is 5.69 Å². The number of imidazole rings is 1. The third kappa shape index (κ3) is 2.54. The number of para-hydroxylation sites is 1. The molecule has 0 saturated carbocycles. The minimum atomic E-state index is 0.926. The van der Waals surface area contributed by atoms with Crippen molar-refractivity contribution in [1.29, 1.82) is 0 Å². The molecule has 1 aliphatic heterocycles. The molecule has 0 amide bonds. The van der Waals surface area contributed by atoms with E-state index in [0.29, 0.717) is 0 Å². The lowest BCUT2D eigenvalue weighted by Gasteiger charge is -2.35. The fourth-order valence-electron chi connectivity index (χ4n) is 2.40. The number of benzene rings is 1. The van der Waals surface area contributed by atoms with Gasteiger partial charge in [0.2, 0.25) is 0 Å². The van der Waals surface area contributed by atoms with E-state index >= 15 is 0 Å². The van der Waals surface area contributed by atoms with Crippen LogP contribution >= 0.6 is 0 Å². The number of aromatic amines is 1. The Kier molecular flexibility index (Phi) is 3.28. The molecule has 94 valence electrons. The molecule has 0 spiro atoms. The molecular formula is C14H18N4. The molecule has 0 radical (unpaired) electrons. The van der Waals surface area contributed by atoms with Crippen LogP contribution in [0, 0.1) is 0 Å². The Balaban J connectivity index is 1.55. The predicted molar refractivity (Wildman–Crippen MR) is 72.5 cm³/mol. The van der Waals surface area contributed by atoms with Gasteiger partial charge in [-0.3, -0.25) is 4.90 Å². The van der Waals surface area contributed by atoms with Gasteiger partial charge in [0.15, 0.2) is 0 Å². The summed E-state index contributed by atoms with van der Waals surface area (Å²) in [5.74, 6) is 1.06. The molecule has 4 nitrogen and oxygen atoms in total. The zero-order valence-corrected chi connectivity index (χ0v) is 10.4. The van der Waals surface area contributed by atoms with Crippen LogP contribution in [0.3, 0.4) is 0 Å². The summed E-state index contributed by atoms with van der Waals surface area (Å²) in [6.45, 7) is 5.29. The van der Waals surface area contributed by atoms with Crippen LogP contribution in [0.5, 0.6) is 0 Å². The Morgan fingerprint density at radius 2 is 1.83 bits per heavy atom. The number of hydrogen-bond acceptors (Lipinski definition) is 3. The van der Waals surface area contributed by atoms with E-state index in [-0.39, 0.29) is 0 Å². The van der Waals surface area contributed by atoms with E-state index in [1.54, 1.807) is 0 Å². The van der Waals surface area contributed by atoms with Crippen molar-refractivity contribution in [3.8, 4) is 0 Å². The molecule has 1 fully saturated rings. The molecule has 1 aromatic heterocycles. The second kappa shape index (κ2) is 5.23. The van der Waals surface area contributed by atoms with Crippen LogP contribution in [-0.2, 0) is 6.54 Å². The van der Waals surface area contributed by atoms with Crippen LogP contribution in [0.4, 0.5) is 5.69 Å². The van der Waals surface area contributed by atoms with Gasteiger partial charge in [-0.25, -0.2) is 4.98 Å². The number of anilines is 1. The second-order valence-corrected chi connectivity index (χ2v) is 4.63. The van der Waals surface area contributed by atoms with Gasteiger partial charge < -0.3 is 9.88 Å². The van der Waals surface area contributed by atoms with Crippen molar-refractivity contribution in [2.24, 2.45) is 0 Å². The van der Waals surface area contributed by atoms with Crippen LogP contribution in [0.15, 0.2) is 42.7 Å². The van der Waals surface area contributed by atoms with Crippen LogP contribution in [-0.4, -0.2) is 41.0 Å². The SMILES string of the molecule is c1ccc(N2CCN(Cc3ncc[nH]3)CC2)cc1. The van der Waals surface area contributed by atoms with E-state index in [0.717, 1.165) is 38.5 Å². The molecule has 1 aromatic carbocycles. The summed E-state index contributed by atoms with van der Waals surface area (Å²) in [5.41, 5.74) is 1.33. The number of H-pyrrole nitrogens is 1. The zero-order valence-electron chi connectivity index (χ0n) is 10.4. The molecule has 1 saturated heterocycles. The number of hydrogen-bond donors (Lipinski definition) is 1. The lowest BCUT2D eigenvalue weighted by Crippen LogP contribution is -2.46. The molecule has 0 unspecified atom stereocenters. The van der Waals surface area contributed by atoms with Gasteiger partial charge in [-0.15, -0.1) is 0 Å². The molecule has 18 heavy (non-hydrogen) atoms. The maximum atomic E-state index is 4.28. The van der Waals surface area contributed by atoms with Crippen molar-refractivity contribution in [3.05, 3.63) is 48.5 Å². The molecule has 3 rings (SSSR count). The average molecular weight is 242 g/mol. The Bertz CT molecular complexity index is 458. The first-order chi connectivity index (χ1) is 8.92. The molecular weight excluding hydrogens is 224 g/mol. The zero-order chi connectivity index (χ0) is 12.2. The minimum absolute atomic E-state index is 0.926. The van der Waals surface area contributed by atoms with E-state index in [2.05, 4.69) is 50.1 Å². The first-order valence-electron chi connectivity index (χ1n) is 6.42. The second-order valence-electron chi connectivity index (χ2n) is 4.63. The van der Waals surface area contributed by atoms with Crippen LogP contribution in [0.2, 0.25) is 0 Å². The molecule has 0 bridgehead atoms. The topological polar surface area (TPSA) is 35.2 Å². The average Bonchev–Trinajstić information content (AvgIpc) is 2.94. The van der Waals surface area contributed by atoms with E-state index < -0.39 is 0 Å². The minimum Gasteiger partial charge on any atom is -0.369 e. The number of nitrogens with zero attached hydrogens (tertiary/aromatic N) is 3. The lowest BCUT2D eigenvalue weighted by molar-refractivity contribution is 0.244. The maximum Gasteiger partial charge on any atom is 0.120 e. The van der Waals surface area contributed by atoms with Gasteiger partial charge in [-0.1, -0.05) is 18.2 Å². The van der Waals surface area contributed by atoms with Gasteiger partial charge in [0.25, 0.3) is 0 Å². The van der Waals surface area contributed by atoms with Crippen molar-refractivity contribution in [3.63, 3.8) is 0 Å². The summed E-state index contributed by atoms with van der Waals surface area (Å²) in [6, 6.07) is 10.6. The standard InChI is InChI=1S/C14H18N4/c1-2-4-13(5-3-1)18-10-8-17(9-11-18)12-14-15-6-7-16-14/h1-7H,8-12H2,(H,15,16). The van der Waals surface area contributed by atoms with E-state index in [1.165, 1.54) is 5.69 Å². The summed E-state index contributed by atoms with van der Waals surface area (Å²) in [7, 11) is 0. The summed E-state index contributed by atoms with van der Waals surface area (Å²) in [5, 5.41) is 0. The van der Waals surface area contributed by atoms with Gasteiger partial charge in [-0.2, -0.15) is 0 Å². The van der Waals surface area contributed by atoms with Gasteiger partial charge in [0.05, 0.1) is 6.54 Å². The quantitative estimate of drug-likeness (QED) is 0.890.